The molecule has 2 rings (SSSR count). The van der Waals surface area contributed by atoms with Gasteiger partial charge in [-0.2, -0.15) is 0 Å². The second-order valence-corrected chi connectivity index (χ2v) is 4.28. The highest BCUT2D eigenvalue weighted by atomic mass is 19.1. The van der Waals surface area contributed by atoms with Crippen LogP contribution in [0, 0.1) is 19.7 Å². The van der Waals surface area contributed by atoms with Crippen LogP contribution < -0.4 is 5.32 Å². The number of hydrogen-bond donors (Lipinski definition) is 2. The lowest BCUT2D eigenvalue weighted by Crippen LogP contribution is -2.03. The molecule has 0 aliphatic rings. The summed E-state index contributed by atoms with van der Waals surface area (Å²) in [4.78, 5) is 15.0. The lowest BCUT2D eigenvalue weighted by Gasteiger charge is -2.08. The number of nitrogens with one attached hydrogen (secondary N) is 1. The first-order chi connectivity index (χ1) is 8.95. The van der Waals surface area contributed by atoms with Crippen LogP contribution >= 0.6 is 0 Å². The van der Waals surface area contributed by atoms with E-state index in [0.29, 0.717) is 17.2 Å². The second kappa shape index (κ2) is 5.06. The van der Waals surface area contributed by atoms with Crippen LogP contribution in [0.15, 0.2) is 30.3 Å². The van der Waals surface area contributed by atoms with Gasteiger partial charge < -0.3 is 10.4 Å². The molecule has 0 unspecified atom stereocenters. The maximum Gasteiger partial charge on any atom is 0.337 e. The molecule has 5 heteroatoms. The average Bonchev–Trinajstić information content (AvgIpc) is 2.26. The van der Waals surface area contributed by atoms with Gasteiger partial charge in [-0.05, 0) is 49.7 Å². The molecule has 0 saturated carbocycles. The fraction of sp³-hybridized carbons (Fsp3) is 0.143. The van der Waals surface area contributed by atoms with Crippen molar-refractivity contribution in [2.75, 3.05) is 5.32 Å². The van der Waals surface area contributed by atoms with Gasteiger partial charge in [0.2, 0.25) is 0 Å². The van der Waals surface area contributed by atoms with E-state index in [9.17, 15) is 9.18 Å². The minimum absolute atomic E-state index is 0.154. The van der Waals surface area contributed by atoms with Crippen molar-refractivity contribution in [2.24, 2.45) is 0 Å². The highest BCUT2D eigenvalue weighted by molar-refractivity contribution is 5.89. The van der Waals surface area contributed by atoms with Crippen molar-refractivity contribution in [1.29, 1.82) is 0 Å². The van der Waals surface area contributed by atoms with Crippen molar-refractivity contribution in [2.45, 2.75) is 13.8 Å². The molecule has 2 aromatic rings. The molecule has 0 fully saturated rings. The Kier molecular flexibility index (Phi) is 3.46. The predicted octanol–water partition coefficient (Wildman–Crippen LogP) is 3.28. The number of rotatable bonds is 3. The third-order valence-corrected chi connectivity index (χ3v) is 2.63. The number of anilines is 2. The SMILES string of the molecule is Cc1cc(F)cc(Nc2ccc(C(=O)O)c(C)n2)c1. The molecule has 2 N–H and O–H groups in total. The van der Waals surface area contributed by atoms with Crippen LogP contribution in [-0.4, -0.2) is 16.1 Å². The Balaban J connectivity index is 2.28. The maximum atomic E-state index is 13.2. The largest absolute Gasteiger partial charge is 0.478 e. The van der Waals surface area contributed by atoms with Crippen molar-refractivity contribution in [3.8, 4) is 0 Å². The number of aryl methyl sites for hydroxylation is 2. The molecule has 0 amide bonds. The summed E-state index contributed by atoms with van der Waals surface area (Å²) in [5, 5.41) is 11.9. The van der Waals surface area contributed by atoms with Crippen molar-refractivity contribution < 1.29 is 14.3 Å². The molecular weight excluding hydrogens is 247 g/mol. The van der Waals surface area contributed by atoms with E-state index in [2.05, 4.69) is 10.3 Å². The Morgan fingerprint density at radius 1 is 1.26 bits per heavy atom. The van der Waals surface area contributed by atoms with Gasteiger partial charge in [0, 0.05) is 5.69 Å². The Morgan fingerprint density at radius 2 is 2.00 bits per heavy atom. The molecule has 0 bridgehead atoms. The Hall–Kier alpha value is -2.43. The zero-order valence-corrected chi connectivity index (χ0v) is 10.6. The van der Waals surface area contributed by atoms with Crippen molar-refractivity contribution in [3.05, 3.63) is 53.0 Å². The Morgan fingerprint density at radius 3 is 2.58 bits per heavy atom. The minimum atomic E-state index is -1.02. The van der Waals surface area contributed by atoms with Gasteiger partial charge in [-0.25, -0.2) is 14.2 Å². The molecule has 0 aliphatic carbocycles. The Labute approximate surface area is 109 Å². The molecule has 98 valence electrons. The summed E-state index contributed by atoms with van der Waals surface area (Å²) in [7, 11) is 0. The van der Waals surface area contributed by atoms with Gasteiger partial charge in [0.05, 0.1) is 11.3 Å². The summed E-state index contributed by atoms with van der Waals surface area (Å²) in [6.07, 6.45) is 0. The lowest BCUT2D eigenvalue weighted by molar-refractivity contribution is 0.0695. The topological polar surface area (TPSA) is 62.2 Å². The fourth-order valence-corrected chi connectivity index (χ4v) is 1.81. The molecule has 19 heavy (non-hydrogen) atoms. The normalized spacial score (nSPS) is 10.3. The molecule has 0 saturated heterocycles. The smallest absolute Gasteiger partial charge is 0.337 e. The van der Waals surface area contributed by atoms with Gasteiger partial charge in [-0.3, -0.25) is 0 Å². The molecule has 0 atom stereocenters. The van der Waals surface area contributed by atoms with Crippen LogP contribution in [0.2, 0.25) is 0 Å². The molecule has 0 aliphatic heterocycles. The first kappa shape index (κ1) is 13.0. The van der Waals surface area contributed by atoms with E-state index in [0.717, 1.165) is 5.56 Å². The third-order valence-electron chi connectivity index (χ3n) is 2.63. The molecular formula is C14H13FN2O2. The van der Waals surface area contributed by atoms with E-state index in [1.807, 2.05) is 0 Å². The summed E-state index contributed by atoms with van der Waals surface area (Å²) in [5.41, 5.74) is 1.93. The van der Waals surface area contributed by atoms with Gasteiger partial charge in [-0.1, -0.05) is 0 Å². The number of hydrogen-bond acceptors (Lipinski definition) is 3. The van der Waals surface area contributed by atoms with E-state index in [-0.39, 0.29) is 11.4 Å². The summed E-state index contributed by atoms with van der Waals surface area (Å²) in [5.74, 6) is -0.868. The number of pyridine rings is 1. The monoisotopic (exact) mass is 260 g/mol. The maximum absolute atomic E-state index is 13.2. The summed E-state index contributed by atoms with van der Waals surface area (Å²) in [6, 6.07) is 7.59. The quantitative estimate of drug-likeness (QED) is 0.889. The van der Waals surface area contributed by atoms with Crippen LogP contribution in [0.3, 0.4) is 0 Å². The molecule has 1 aromatic heterocycles. The molecule has 1 aromatic carbocycles. The molecule has 0 spiro atoms. The van der Waals surface area contributed by atoms with Gasteiger partial charge >= 0.3 is 5.97 Å². The summed E-state index contributed by atoms with van der Waals surface area (Å²) in [6.45, 7) is 3.41. The highest BCUT2D eigenvalue weighted by Crippen LogP contribution is 2.19. The molecule has 1 heterocycles. The first-order valence-corrected chi connectivity index (χ1v) is 5.71. The van der Waals surface area contributed by atoms with Gasteiger partial charge in [0.15, 0.2) is 0 Å². The predicted molar refractivity (Wildman–Crippen MR) is 70.4 cm³/mol. The van der Waals surface area contributed by atoms with Gasteiger partial charge in [0.25, 0.3) is 0 Å². The highest BCUT2D eigenvalue weighted by Gasteiger charge is 2.08. The number of nitrogens with zero attached hydrogens (tertiary/aromatic N) is 1. The second-order valence-electron chi connectivity index (χ2n) is 4.28. The molecule has 0 radical (unpaired) electrons. The standard InChI is InChI=1S/C14H13FN2O2/c1-8-5-10(15)7-11(6-8)17-13-4-3-12(14(18)19)9(2)16-13/h3-7H,1-2H3,(H,16,17)(H,18,19). The minimum Gasteiger partial charge on any atom is -0.478 e. The average molecular weight is 260 g/mol. The van der Waals surface area contributed by atoms with Gasteiger partial charge in [0.1, 0.15) is 11.6 Å². The van der Waals surface area contributed by atoms with Crippen molar-refractivity contribution >= 4 is 17.5 Å². The van der Waals surface area contributed by atoms with Crippen LogP contribution in [0.5, 0.6) is 0 Å². The zero-order chi connectivity index (χ0) is 14.0. The summed E-state index contributed by atoms with van der Waals surface area (Å²) < 4.78 is 13.2. The third kappa shape index (κ3) is 3.07. The lowest BCUT2D eigenvalue weighted by atomic mass is 10.2. The van der Waals surface area contributed by atoms with Gasteiger partial charge in [-0.15, -0.1) is 0 Å². The first-order valence-electron chi connectivity index (χ1n) is 5.71. The molecule has 4 nitrogen and oxygen atoms in total. The van der Waals surface area contributed by atoms with Crippen LogP contribution in [0.25, 0.3) is 0 Å². The van der Waals surface area contributed by atoms with E-state index < -0.39 is 5.97 Å². The number of carboxylic acid groups (broad SMARTS) is 1. The number of aromatic nitrogens is 1. The van der Waals surface area contributed by atoms with Crippen molar-refractivity contribution in [1.82, 2.24) is 4.98 Å². The van der Waals surface area contributed by atoms with E-state index in [4.69, 9.17) is 5.11 Å². The number of benzene rings is 1. The number of halogens is 1. The van der Waals surface area contributed by atoms with Crippen LogP contribution in [0.4, 0.5) is 15.9 Å². The zero-order valence-electron chi connectivity index (χ0n) is 10.6. The van der Waals surface area contributed by atoms with Crippen molar-refractivity contribution in [3.63, 3.8) is 0 Å². The van der Waals surface area contributed by atoms with Crippen LogP contribution in [-0.2, 0) is 0 Å². The Bertz CT molecular complexity index is 621. The van der Waals surface area contributed by atoms with E-state index >= 15 is 0 Å². The fourth-order valence-electron chi connectivity index (χ4n) is 1.81. The number of carboxylic acids is 1. The van der Waals surface area contributed by atoms with E-state index in [1.165, 1.54) is 18.2 Å². The van der Waals surface area contributed by atoms with E-state index in [1.54, 1.807) is 26.0 Å². The number of aromatic carboxylic acids is 1. The number of carbonyl (C=O) groups is 1. The van der Waals surface area contributed by atoms with Crippen LogP contribution in [0.1, 0.15) is 21.6 Å². The summed E-state index contributed by atoms with van der Waals surface area (Å²) >= 11 is 0.